The van der Waals surface area contributed by atoms with Crippen LogP contribution in [-0.2, 0) is 19.1 Å². The molecule has 0 heterocycles. The second kappa shape index (κ2) is 8.95. The molecule has 1 aromatic carbocycles. The Labute approximate surface area is 163 Å². The maximum Gasteiger partial charge on any atom is 0.307 e. The number of hydrogen-bond donors (Lipinski definition) is 1. The van der Waals surface area contributed by atoms with E-state index in [-0.39, 0.29) is 31.1 Å². The van der Waals surface area contributed by atoms with Crippen molar-refractivity contribution < 1.29 is 24.0 Å². The molecular weight excluding hydrogens is 364 g/mol. The molecule has 0 spiro atoms. The third-order valence-corrected chi connectivity index (χ3v) is 5.26. The van der Waals surface area contributed by atoms with Crippen LogP contribution in [0.4, 0.5) is 5.69 Å². The third kappa shape index (κ3) is 5.37. The summed E-state index contributed by atoms with van der Waals surface area (Å²) < 4.78 is 5.18. The predicted octanol–water partition coefficient (Wildman–Crippen LogP) is 2.68. The van der Waals surface area contributed by atoms with E-state index in [0.717, 1.165) is 11.1 Å². The van der Waals surface area contributed by atoms with Gasteiger partial charge in [0.25, 0.3) is 5.91 Å². The molecule has 1 saturated carbocycles. The molecule has 4 atom stereocenters. The van der Waals surface area contributed by atoms with Crippen molar-refractivity contribution in [3.05, 3.63) is 39.4 Å². The summed E-state index contributed by atoms with van der Waals surface area (Å²) in [5, 5.41) is 13.6. The highest BCUT2D eigenvalue weighted by Crippen LogP contribution is 2.36. The normalized spacial score (nSPS) is 22.6. The van der Waals surface area contributed by atoms with Gasteiger partial charge < -0.3 is 10.1 Å². The summed E-state index contributed by atoms with van der Waals surface area (Å²) in [4.78, 5) is 47.1. The van der Waals surface area contributed by atoms with Gasteiger partial charge in [0, 0.05) is 28.9 Å². The molecule has 1 N–H and O–H groups in total. The Hall–Kier alpha value is -2.77. The molecule has 1 aromatic rings. The average molecular weight is 390 g/mol. The number of esters is 1. The Morgan fingerprint density at radius 2 is 2.04 bits per heavy atom. The predicted molar refractivity (Wildman–Crippen MR) is 102 cm³/mol. The van der Waals surface area contributed by atoms with Gasteiger partial charge in [0.2, 0.25) is 6.54 Å². The van der Waals surface area contributed by atoms with E-state index in [1.54, 1.807) is 6.92 Å². The van der Waals surface area contributed by atoms with E-state index >= 15 is 0 Å². The highest BCUT2D eigenvalue weighted by atomic mass is 16.6. The molecule has 1 aliphatic carbocycles. The Morgan fingerprint density at radius 3 is 2.68 bits per heavy atom. The molecule has 8 nitrogen and oxygen atoms in total. The number of carbonyl (C=O) groups excluding carboxylic acids is 3. The van der Waals surface area contributed by atoms with Crippen LogP contribution in [0.15, 0.2) is 18.2 Å². The molecule has 0 saturated heterocycles. The fourth-order valence-corrected chi connectivity index (χ4v) is 3.58. The molecule has 1 fully saturated rings. The van der Waals surface area contributed by atoms with E-state index in [0.29, 0.717) is 5.69 Å². The number of nitrogens with zero attached hydrogens (tertiary/aromatic N) is 1. The molecule has 0 aromatic heterocycles. The van der Waals surface area contributed by atoms with Crippen LogP contribution in [0.3, 0.4) is 0 Å². The number of carbonyl (C=O) groups is 3. The summed E-state index contributed by atoms with van der Waals surface area (Å²) in [6.45, 7) is 6.63. The SMILES string of the molecule is Cc1ccc(C)c(NC(=O)[C@@H](C)OC(=O)C[C@@H]2C(=O)C[C@@H](C)[C@H]2C[N+](=O)[O-])c1. The molecule has 0 bridgehead atoms. The van der Waals surface area contributed by atoms with Crippen LogP contribution in [0.25, 0.3) is 0 Å². The minimum Gasteiger partial charge on any atom is -0.453 e. The van der Waals surface area contributed by atoms with E-state index in [9.17, 15) is 24.5 Å². The smallest absolute Gasteiger partial charge is 0.307 e. The molecule has 1 amide bonds. The van der Waals surface area contributed by atoms with Crippen molar-refractivity contribution in [1.29, 1.82) is 0 Å². The van der Waals surface area contributed by atoms with E-state index in [1.807, 2.05) is 32.0 Å². The van der Waals surface area contributed by atoms with Crippen LogP contribution >= 0.6 is 0 Å². The number of benzene rings is 1. The van der Waals surface area contributed by atoms with Gasteiger partial charge in [-0.1, -0.05) is 19.1 Å². The van der Waals surface area contributed by atoms with Gasteiger partial charge in [-0.3, -0.25) is 24.5 Å². The zero-order valence-corrected chi connectivity index (χ0v) is 16.6. The highest BCUT2D eigenvalue weighted by molar-refractivity contribution is 5.96. The van der Waals surface area contributed by atoms with Crippen LogP contribution in [-0.4, -0.2) is 35.2 Å². The van der Waals surface area contributed by atoms with E-state index in [4.69, 9.17) is 4.74 Å². The first-order chi connectivity index (χ1) is 13.1. The number of Topliss-reactive ketones (excluding diaryl/α,β-unsaturated/α-hetero) is 1. The minimum atomic E-state index is -1.05. The van der Waals surface area contributed by atoms with E-state index in [2.05, 4.69) is 5.32 Å². The van der Waals surface area contributed by atoms with E-state index < -0.39 is 34.7 Å². The van der Waals surface area contributed by atoms with Gasteiger partial charge >= 0.3 is 5.97 Å². The van der Waals surface area contributed by atoms with Crippen molar-refractivity contribution in [3.63, 3.8) is 0 Å². The number of rotatable bonds is 7. The van der Waals surface area contributed by atoms with Gasteiger partial charge in [0.1, 0.15) is 5.78 Å². The number of hydrogen-bond acceptors (Lipinski definition) is 6. The molecule has 2 rings (SSSR count). The van der Waals surface area contributed by atoms with Crippen molar-refractivity contribution in [2.45, 2.75) is 46.6 Å². The number of anilines is 1. The first-order valence-corrected chi connectivity index (χ1v) is 9.30. The molecule has 28 heavy (non-hydrogen) atoms. The first kappa shape index (κ1) is 21.5. The molecule has 8 heteroatoms. The first-order valence-electron chi connectivity index (χ1n) is 9.30. The second-order valence-electron chi connectivity index (χ2n) is 7.58. The maximum atomic E-state index is 12.3. The van der Waals surface area contributed by atoms with Crippen LogP contribution in [0.5, 0.6) is 0 Å². The fraction of sp³-hybridized carbons (Fsp3) is 0.550. The van der Waals surface area contributed by atoms with E-state index in [1.165, 1.54) is 6.92 Å². The second-order valence-corrected chi connectivity index (χ2v) is 7.58. The summed E-state index contributed by atoms with van der Waals surface area (Å²) in [7, 11) is 0. The lowest BCUT2D eigenvalue weighted by molar-refractivity contribution is -0.490. The van der Waals surface area contributed by atoms with Gasteiger partial charge in [-0.05, 0) is 43.9 Å². The van der Waals surface area contributed by atoms with Crippen LogP contribution in [0, 0.1) is 41.7 Å². The number of nitrogens with one attached hydrogen (secondary N) is 1. The van der Waals surface area contributed by atoms with Crippen LogP contribution in [0.2, 0.25) is 0 Å². The Kier molecular flexibility index (Phi) is 6.88. The van der Waals surface area contributed by atoms with Gasteiger partial charge in [-0.15, -0.1) is 0 Å². The lowest BCUT2D eigenvalue weighted by Gasteiger charge is -2.19. The van der Waals surface area contributed by atoms with Crippen molar-refractivity contribution >= 4 is 23.3 Å². The Bertz CT molecular complexity index is 791. The van der Waals surface area contributed by atoms with Gasteiger partial charge in [-0.25, -0.2) is 0 Å². The van der Waals surface area contributed by atoms with Crippen molar-refractivity contribution in [3.8, 4) is 0 Å². The van der Waals surface area contributed by atoms with Gasteiger partial charge in [0.15, 0.2) is 6.10 Å². The average Bonchev–Trinajstić information content (AvgIpc) is 2.84. The molecule has 1 aliphatic rings. The lowest BCUT2D eigenvalue weighted by Crippen LogP contribution is -2.32. The van der Waals surface area contributed by atoms with Crippen LogP contribution < -0.4 is 5.32 Å². The zero-order chi connectivity index (χ0) is 21.0. The number of nitro groups is 1. The zero-order valence-electron chi connectivity index (χ0n) is 16.6. The monoisotopic (exact) mass is 390 g/mol. The lowest BCUT2D eigenvalue weighted by atomic mass is 9.88. The van der Waals surface area contributed by atoms with Gasteiger partial charge in [-0.2, -0.15) is 0 Å². The topological polar surface area (TPSA) is 116 Å². The molecule has 0 radical (unpaired) electrons. The molecular formula is C20H26N2O6. The number of aryl methyl sites for hydroxylation is 2. The molecule has 0 aliphatic heterocycles. The quantitative estimate of drug-likeness (QED) is 0.435. The summed E-state index contributed by atoms with van der Waals surface area (Å²) in [6.07, 6.45) is -1.07. The number of ether oxygens (including phenoxy) is 1. The summed E-state index contributed by atoms with van der Waals surface area (Å²) in [5.41, 5.74) is 2.50. The molecule has 0 unspecified atom stereocenters. The molecule has 152 valence electrons. The number of amides is 1. The minimum absolute atomic E-state index is 0.152. The van der Waals surface area contributed by atoms with Crippen molar-refractivity contribution in [1.82, 2.24) is 0 Å². The highest BCUT2D eigenvalue weighted by Gasteiger charge is 2.44. The summed E-state index contributed by atoms with van der Waals surface area (Å²) in [5.74, 6) is -2.72. The number of ketones is 1. The van der Waals surface area contributed by atoms with Crippen LogP contribution in [0.1, 0.15) is 37.8 Å². The summed E-state index contributed by atoms with van der Waals surface area (Å²) >= 11 is 0. The van der Waals surface area contributed by atoms with Gasteiger partial charge in [0.05, 0.1) is 6.42 Å². The largest absolute Gasteiger partial charge is 0.453 e. The van der Waals surface area contributed by atoms with Crippen molar-refractivity contribution in [2.75, 3.05) is 11.9 Å². The third-order valence-electron chi connectivity index (χ3n) is 5.26. The summed E-state index contributed by atoms with van der Waals surface area (Å²) in [6, 6.07) is 5.63. The maximum absolute atomic E-state index is 12.3. The standard InChI is InChI=1S/C20H26N2O6/c1-11-5-6-12(2)17(7-11)21-20(25)14(4)28-19(24)9-15-16(10-22(26)27)13(3)8-18(15)23/h5-7,13-16H,8-10H2,1-4H3,(H,21,25)/t13-,14-,15+,16-/m1/s1. The van der Waals surface area contributed by atoms with Crippen molar-refractivity contribution in [2.24, 2.45) is 17.8 Å². The fourth-order valence-electron chi connectivity index (χ4n) is 3.58. The Morgan fingerprint density at radius 1 is 1.36 bits per heavy atom. The Balaban J connectivity index is 1.95.